The van der Waals surface area contributed by atoms with E-state index in [2.05, 4.69) is 6.92 Å². The summed E-state index contributed by atoms with van der Waals surface area (Å²) in [5.41, 5.74) is 0. The zero-order chi connectivity index (χ0) is 17.3. The second-order valence-corrected chi connectivity index (χ2v) is 7.24. The molecule has 0 spiro atoms. The van der Waals surface area contributed by atoms with Crippen LogP contribution >= 0.6 is 0 Å². The predicted molar refractivity (Wildman–Crippen MR) is 101 cm³/mol. The molecule has 0 saturated heterocycles. The second kappa shape index (κ2) is 16.7. The van der Waals surface area contributed by atoms with Crippen LogP contribution in [0.1, 0.15) is 90.9 Å². The van der Waals surface area contributed by atoms with Gasteiger partial charge in [-0.1, -0.05) is 77.6 Å². The maximum atomic E-state index is 9.91. The van der Waals surface area contributed by atoms with Crippen LogP contribution in [-0.4, -0.2) is 49.5 Å². The van der Waals surface area contributed by atoms with E-state index in [0.717, 1.165) is 13.0 Å². The number of unbranched alkanes of at least 4 members (excludes halogenated alkanes) is 11. The van der Waals surface area contributed by atoms with Gasteiger partial charge in [0.1, 0.15) is 0 Å². The number of likely N-dealkylation sites (N-methyl/N-ethyl adjacent to an activating group) is 1. The van der Waals surface area contributed by atoms with Gasteiger partial charge in [0.2, 0.25) is 0 Å². The van der Waals surface area contributed by atoms with Gasteiger partial charge in [-0.25, -0.2) is 0 Å². The van der Waals surface area contributed by atoms with Crippen LogP contribution < -0.4 is 0 Å². The van der Waals surface area contributed by atoms with Gasteiger partial charge in [-0.15, -0.1) is 0 Å². The minimum absolute atomic E-state index is 0.150. The van der Waals surface area contributed by atoms with Crippen molar-refractivity contribution in [3.8, 4) is 0 Å². The Bertz CT molecular complexity index is 234. The average Bonchev–Trinajstić information content (AvgIpc) is 2.54. The molecule has 23 heavy (non-hydrogen) atoms. The Morgan fingerprint density at radius 1 is 0.783 bits per heavy atom. The first kappa shape index (κ1) is 22.9. The van der Waals surface area contributed by atoms with E-state index in [4.69, 9.17) is 4.74 Å². The molecule has 0 heterocycles. The average molecular weight is 330 g/mol. The van der Waals surface area contributed by atoms with Crippen LogP contribution in [-0.2, 0) is 4.74 Å². The van der Waals surface area contributed by atoms with Crippen molar-refractivity contribution in [1.82, 2.24) is 4.90 Å². The van der Waals surface area contributed by atoms with Gasteiger partial charge in [-0.05, 0) is 27.4 Å². The number of hydrogen-bond acceptors (Lipinski definition) is 3. The fourth-order valence-electron chi connectivity index (χ4n) is 2.73. The maximum absolute atomic E-state index is 9.91. The Balaban J connectivity index is 3.16. The van der Waals surface area contributed by atoms with Gasteiger partial charge in [-0.3, -0.25) is 0 Å². The summed E-state index contributed by atoms with van der Waals surface area (Å²) >= 11 is 0. The highest BCUT2D eigenvalue weighted by Crippen LogP contribution is 2.12. The summed E-state index contributed by atoms with van der Waals surface area (Å²) in [6, 6.07) is 0.150. The summed E-state index contributed by atoms with van der Waals surface area (Å²) in [7, 11) is 3.97. The van der Waals surface area contributed by atoms with Crippen LogP contribution in [0.3, 0.4) is 0 Å². The number of aliphatic hydroxyl groups is 1. The molecule has 0 unspecified atom stereocenters. The van der Waals surface area contributed by atoms with E-state index >= 15 is 0 Å². The fraction of sp³-hybridized carbons (Fsp3) is 1.00. The molecule has 3 heteroatoms. The summed E-state index contributed by atoms with van der Waals surface area (Å²) in [6.45, 7) is 5.54. The molecule has 0 saturated carbocycles. The monoisotopic (exact) mass is 329 g/mol. The number of ether oxygens (including phenoxy) is 1. The number of aliphatic hydroxyl groups excluding tert-OH is 1. The lowest BCUT2D eigenvalue weighted by Crippen LogP contribution is -2.39. The first-order valence-electron chi connectivity index (χ1n) is 10.0. The molecule has 2 atom stereocenters. The lowest BCUT2D eigenvalue weighted by molar-refractivity contribution is -0.00211. The smallest absolute Gasteiger partial charge is 0.0925 e. The van der Waals surface area contributed by atoms with Gasteiger partial charge in [0.15, 0.2) is 0 Å². The largest absolute Gasteiger partial charge is 0.389 e. The van der Waals surface area contributed by atoms with E-state index in [-0.39, 0.29) is 12.1 Å². The quantitative estimate of drug-likeness (QED) is 0.381. The third-order valence-corrected chi connectivity index (χ3v) is 4.80. The van der Waals surface area contributed by atoms with Gasteiger partial charge in [0.25, 0.3) is 0 Å². The van der Waals surface area contributed by atoms with Gasteiger partial charge >= 0.3 is 0 Å². The van der Waals surface area contributed by atoms with Crippen LogP contribution in [0, 0.1) is 0 Å². The SMILES string of the molecule is CCCCCCCCCCCCCCOC[C@@H](O)[C@H](C)N(C)C. The third-order valence-electron chi connectivity index (χ3n) is 4.80. The topological polar surface area (TPSA) is 32.7 Å². The van der Waals surface area contributed by atoms with Gasteiger partial charge in [0.05, 0.1) is 12.7 Å². The van der Waals surface area contributed by atoms with Crippen molar-refractivity contribution in [1.29, 1.82) is 0 Å². The Kier molecular flexibility index (Phi) is 16.6. The van der Waals surface area contributed by atoms with Crippen LogP contribution in [0.15, 0.2) is 0 Å². The van der Waals surface area contributed by atoms with E-state index in [1.807, 2.05) is 25.9 Å². The highest BCUT2D eigenvalue weighted by molar-refractivity contribution is 4.69. The molecule has 0 radical (unpaired) electrons. The first-order chi connectivity index (χ1) is 11.1. The van der Waals surface area contributed by atoms with Gasteiger partial charge in [0, 0.05) is 12.6 Å². The van der Waals surface area contributed by atoms with Crippen molar-refractivity contribution in [3.05, 3.63) is 0 Å². The molecule has 0 aromatic rings. The second-order valence-electron chi connectivity index (χ2n) is 7.24. The highest BCUT2D eigenvalue weighted by Gasteiger charge is 2.15. The molecule has 0 aromatic carbocycles. The van der Waals surface area contributed by atoms with E-state index in [9.17, 15) is 5.11 Å². The van der Waals surface area contributed by atoms with E-state index in [1.165, 1.54) is 70.6 Å². The third kappa shape index (κ3) is 15.2. The van der Waals surface area contributed by atoms with Crippen LogP contribution in [0.25, 0.3) is 0 Å². The maximum Gasteiger partial charge on any atom is 0.0925 e. The molecule has 3 nitrogen and oxygen atoms in total. The molecule has 0 bridgehead atoms. The molecule has 0 aliphatic carbocycles. The minimum Gasteiger partial charge on any atom is -0.389 e. The van der Waals surface area contributed by atoms with Crippen molar-refractivity contribution >= 4 is 0 Å². The summed E-state index contributed by atoms with van der Waals surface area (Å²) < 4.78 is 5.58. The molecular formula is C20H43NO2. The summed E-state index contributed by atoms with van der Waals surface area (Å²) in [5, 5.41) is 9.91. The molecule has 0 aromatic heterocycles. The normalized spacial score (nSPS) is 14.3. The zero-order valence-electron chi connectivity index (χ0n) is 16.4. The highest BCUT2D eigenvalue weighted by atomic mass is 16.5. The zero-order valence-corrected chi connectivity index (χ0v) is 16.4. The van der Waals surface area contributed by atoms with E-state index < -0.39 is 0 Å². The van der Waals surface area contributed by atoms with Gasteiger partial charge < -0.3 is 14.7 Å². The van der Waals surface area contributed by atoms with E-state index in [0.29, 0.717) is 6.61 Å². The van der Waals surface area contributed by atoms with Crippen LogP contribution in [0.2, 0.25) is 0 Å². The summed E-state index contributed by atoms with van der Waals surface area (Å²) in [4.78, 5) is 2.03. The molecule has 0 aliphatic heterocycles. The fourth-order valence-corrected chi connectivity index (χ4v) is 2.73. The summed E-state index contributed by atoms with van der Waals surface area (Å²) in [6.07, 6.45) is 16.0. The Labute approximate surface area is 145 Å². The van der Waals surface area contributed by atoms with Crippen LogP contribution in [0.5, 0.6) is 0 Å². The standard InChI is InChI=1S/C20H43NO2/c1-5-6-7-8-9-10-11-12-13-14-15-16-17-23-18-20(22)19(2)21(3)4/h19-20,22H,5-18H2,1-4H3/t19-,20+/m0/s1. The van der Waals surface area contributed by atoms with Crippen molar-refractivity contribution in [2.75, 3.05) is 27.3 Å². The lowest BCUT2D eigenvalue weighted by Gasteiger charge is -2.25. The van der Waals surface area contributed by atoms with E-state index in [1.54, 1.807) is 0 Å². The molecular weight excluding hydrogens is 286 g/mol. The van der Waals surface area contributed by atoms with Crippen molar-refractivity contribution in [3.63, 3.8) is 0 Å². The molecule has 0 rings (SSSR count). The number of hydrogen-bond donors (Lipinski definition) is 1. The lowest BCUT2D eigenvalue weighted by atomic mass is 10.1. The summed E-state index contributed by atoms with van der Waals surface area (Å²) in [5.74, 6) is 0. The number of nitrogens with zero attached hydrogens (tertiary/aromatic N) is 1. The van der Waals surface area contributed by atoms with Gasteiger partial charge in [-0.2, -0.15) is 0 Å². The Morgan fingerprint density at radius 3 is 1.65 bits per heavy atom. The molecule has 0 aliphatic rings. The molecule has 140 valence electrons. The van der Waals surface area contributed by atoms with Crippen molar-refractivity contribution in [2.45, 2.75) is 103 Å². The van der Waals surface area contributed by atoms with Crippen molar-refractivity contribution in [2.24, 2.45) is 0 Å². The predicted octanol–water partition coefficient (Wildman–Crippen LogP) is 5.02. The minimum atomic E-state index is -0.387. The van der Waals surface area contributed by atoms with Crippen molar-refractivity contribution < 1.29 is 9.84 Å². The Morgan fingerprint density at radius 2 is 1.22 bits per heavy atom. The molecule has 0 amide bonds. The van der Waals surface area contributed by atoms with Crippen LogP contribution in [0.4, 0.5) is 0 Å². The number of rotatable bonds is 17. The molecule has 1 N–H and O–H groups in total. The Hall–Kier alpha value is -0.120. The molecule has 0 fully saturated rings. The first-order valence-corrected chi connectivity index (χ1v) is 10.0.